The summed E-state index contributed by atoms with van der Waals surface area (Å²) in [6.45, 7) is 4.91. The summed E-state index contributed by atoms with van der Waals surface area (Å²) in [5, 5.41) is 2.73. The molecule has 0 saturated heterocycles. The molecule has 0 aliphatic carbocycles. The number of nitrogens with two attached hydrogens (primary N) is 1. The van der Waals surface area contributed by atoms with Crippen LogP contribution in [0, 0.1) is 0 Å². The first-order chi connectivity index (χ1) is 8.61. The predicted molar refractivity (Wildman–Crippen MR) is 70.4 cm³/mol. The number of hydrogen-bond donors (Lipinski definition) is 2. The number of nitrogens with one attached hydrogen (secondary N) is 1. The van der Waals surface area contributed by atoms with E-state index in [4.69, 9.17) is 15.2 Å². The molecule has 1 atom stereocenters. The van der Waals surface area contributed by atoms with Crippen molar-refractivity contribution in [2.45, 2.75) is 20.0 Å². The molecular formula is C13H20N2O3. The lowest BCUT2D eigenvalue weighted by atomic mass is 10.3. The second-order valence-electron chi connectivity index (χ2n) is 3.93. The minimum absolute atomic E-state index is 0.00585. The molecule has 0 aliphatic heterocycles. The molecule has 18 heavy (non-hydrogen) atoms. The van der Waals surface area contributed by atoms with Gasteiger partial charge in [0.25, 0.3) is 5.91 Å². The fourth-order valence-electron chi connectivity index (χ4n) is 1.41. The summed E-state index contributed by atoms with van der Waals surface area (Å²) < 4.78 is 10.6. The smallest absolute Gasteiger partial charge is 0.258 e. The van der Waals surface area contributed by atoms with Gasteiger partial charge in [-0.25, -0.2) is 0 Å². The Labute approximate surface area is 107 Å². The summed E-state index contributed by atoms with van der Waals surface area (Å²) >= 11 is 0. The Kier molecular flexibility index (Phi) is 6.00. The second kappa shape index (κ2) is 7.55. The van der Waals surface area contributed by atoms with Crippen molar-refractivity contribution in [3.05, 3.63) is 24.3 Å². The monoisotopic (exact) mass is 252 g/mol. The van der Waals surface area contributed by atoms with Gasteiger partial charge in [-0.15, -0.1) is 0 Å². The van der Waals surface area contributed by atoms with Crippen LogP contribution in [-0.4, -0.2) is 31.8 Å². The number of ether oxygens (including phenoxy) is 2. The van der Waals surface area contributed by atoms with Crippen molar-refractivity contribution in [1.29, 1.82) is 0 Å². The van der Waals surface area contributed by atoms with E-state index in [0.29, 0.717) is 24.6 Å². The molecule has 0 fully saturated rings. The first-order valence-electron chi connectivity index (χ1n) is 5.98. The second-order valence-corrected chi connectivity index (χ2v) is 3.93. The Morgan fingerprint density at radius 2 is 2.28 bits per heavy atom. The Morgan fingerprint density at radius 1 is 1.50 bits per heavy atom. The van der Waals surface area contributed by atoms with Crippen molar-refractivity contribution in [1.82, 2.24) is 5.32 Å². The first kappa shape index (κ1) is 14.3. The Hall–Kier alpha value is -1.75. The number of anilines is 1. The van der Waals surface area contributed by atoms with Crippen LogP contribution < -0.4 is 15.8 Å². The summed E-state index contributed by atoms with van der Waals surface area (Å²) in [6, 6.07) is 6.97. The quantitative estimate of drug-likeness (QED) is 0.715. The van der Waals surface area contributed by atoms with Crippen LogP contribution in [0.3, 0.4) is 0 Å². The summed E-state index contributed by atoms with van der Waals surface area (Å²) in [5.41, 5.74) is 6.21. The topological polar surface area (TPSA) is 73.6 Å². The van der Waals surface area contributed by atoms with Crippen molar-refractivity contribution < 1.29 is 14.3 Å². The van der Waals surface area contributed by atoms with Gasteiger partial charge in [-0.1, -0.05) is 6.07 Å². The van der Waals surface area contributed by atoms with Gasteiger partial charge >= 0.3 is 0 Å². The molecule has 0 saturated carbocycles. The van der Waals surface area contributed by atoms with Gasteiger partial charge in [0.2, 0.25) is 0 Å². The number of benzene rings is 1. The molecule has 0 heterocycles. The molecule has 1 amide bonds. The van der Waals surface area contributed by atoms with E-state index in [1.165, 1.54) is 0 Å². The highest BCUT2D eigenvalue weighted by molar-refractivity contribution is 5.77. The molecule has 3 N–H and O–H groups in total. The summed E-state index contributed by atoms with van der Waals surface area (Å²) in [4.78, 5) is 11.5. The molecule has 1 unspecified atom stereocenters. The molecule has 1 aromatic carbocycles. The van der Waals surface area contributed by atoms with Crippen molar-refractivity contribution in [3.8, 4) is 5.75 Å². The maximum Gasteiger partial charge on any atom is 0.258 e. The van der Waals surface area contributed by atoms with Crippen molar-refractivity contribution in [2.24, 2.45) is 0 Å². The normalized spacial score (nSPS) is 11.9. The van der Waals surface area contributed by atoms with E-state index in [9.17, 15) is 4.79 Å². The van der Waals surface area contributed by atoms with E-state index in [0.717, 1.165) is 0 Å². The molecular weight excluding hydrogens is 232 g/mol. The van der Waals surface area contributed by atoms with Gasteiger partial charge in [-0.2, -0.15) is 0 Å². The highest BCUT2D eigenvalue weighted by atomic mass is 16.5. The lowest BCUT2D eigenvalue weighted by molar-refractivity contribution is -0.123. The van der Waals surface area contributed by atoms with Gasteiger partial charge in [-0.05, 0) is 26.0 Å². The van der Waals surface area contributed by atoms with Gasteiger partial charge in [0.15, 0.2) is 6.61 Å². The first-order valence-corrected chi connectivity index (χ1v) is 5.98. The van der Waals surface area contributed by atoms with Crippen LogP contribution in [0.2, 0.25) is 0 Å². The third-order valence-corrected chi connectivity index (χ3v) is 2.27. The minimum Gasteiger partial charge on any atom is -0.484 e. The van der Waals surface area contributed by atoms with Crippen LogP contribution in [0.5, 0.6) is 5.75 Å². The fraction of sp³-hybridized carbons (Fsp3) is 0.462. The van der Waals surface area contributed by atoms with Crippen molar-refractivity contribution in [3.63, 3.8) is 0 Å². The molecule has 5 heteroatoms. The van der Waals surface area contributed by atoms with Crippen LogP contribution >= 0.6 is 0 Å². The van der Waals surface area contributed by atoms with E-state index < -0.39 is 0 Å². The van der Waals surface area contributed by atoms with Gasteiger partial charge < -0.3 is 20.5 Å². The Bertz CT molecular complexity index is 382. The number of amides is 1. The van der Waals surface area contributed by atoms with E-state index >= 15 is 0 Å². The molecule has 100 valence electrons. The number of hydrogen-bond acceptors (Lipinski definition) is 4. The van der Waals surface area contributed by atoms with Crippen LogP contribution in [-0.2, 0) is 9.53 Å². The fourth-order valence-corrected chi connectivity index (χ4v) is 1.41. The van der Waals surface area contributed by atoms with Crippen molar-refractivity contribution in [2.75, 3.05) is 25.5 Å². The minimum atomic E-state index is -0.177. The predicted octanol–water partition coefficient (Wildman–Crippen LogP) is 1.19. The van der Waals surface area contributed by atoms with Gasteiger partial charge in [0.1, 0.15) is 5.75 Å². The van der Waals surface area contributed by atoms with E-state index in [2.05, 4.69) is 5.32 Å². The van der Waals surface area contributed by atoms with Gasteiger partial charge in [0, 0.05) is 24.9 Å². The average molecular weight is 252 g/mol. The zero-order valence-electron chi connectivity index (χ0n) is 10.8. The maximum atomic E-state index is 11.5. The zero-order chi connectivity index (χ0) is 13.4. The van der Waals surface area contributed by atoms with Gasteiger partial charge in [-0.3, -0.25) is 4.79 Å². The van der Waals surface area contributed by atoms with Crippen molar-refractivity contribution >= 4 is 11.6 Å². The highest BCUT2D eigenvalue weighted by Crippen LogP contribution is 2.13. The molecule has 0 spiro atoms. The maximum absolute atomic E-state index is 11.5. The van der Waals surface area contributed by atoms with E-state index in [-0.39, 0.29) is 18.6 Å². The van der Waals surface area contributed by atoms with Crippen LogP contribution in [0.25, 0.3) is 0 Å². The number of rotatable bonds is 7. The lowest BCUT2D eigenvalue weighted by Crippen LogP contribution is -2.35. The molecule has 1 aromatic rings. The Balaban J connectivity index is 2.25. The SMILES string of the molecule is CCOC(C)CNC(=O)COc1cccc(N)c1. The van der Waals surface area contributed by atoms with Crippen LogP contribution in [0.15, 0.2) is 24.3 Å². The summed E-state index contributed by atoms with van der Waals surface area (Å²) in [7, 11) is 0. The molecule has 0 radical (unpaired) electrons. The summed E-state index contributed by atoms with van der Waals surface area (Å²) in [5.74, 6) is 0.409. The Morgan fingerprint density at radius 3 is 2.94 bits per heavy atom. The van der Waals surface area contributed by atoms with Crippen LogP contribution in [0.4, 0.5) is 5.69 Å². The molecule has 5 nitrogen and oxygen atoms in total. The lowest BCUT2D eigenvalue weighted by Gasteiger charge is -2.13. The highest BCUT2D eigenvalue weighted by Gasteiger charge is 2.06. The van der Waals surface area contributed by atoms with E-state index in [1.54, 1.807) is 24.3 Å². The molecule has 0 bridgehead atoms. The third kappa shape index (κ3) is 5.54. The van der Waals surface area contributed by atoms with E-state index in [1.807, 2.05) is 13.8 Å². The molecule has 0 aliphatic rings. The summed E-state index contributed by atoms with van der Waals surface area (Å²) in [6.07, 6.45) is 0.00585. The zero-order valence-corrected chi connectivity index (χ0v) is 10.8. The number of carbonyl (C=O) groups is 1. The number of carbonyl (C=O) groups excluding carboxylic acids is 1. The largest absolute Gasteiger partial charge is 0.484 e. The third-order valence-electron chi connectivity index (χ3n) is 2.27. The average Bonchev–Trinajstić information content (AvgIpc) is 2.34. The van der Waals surface area contributed by atoms with Gasteiger partial charge in [0.05, 0.1) is 6.10 Å². The molecule has 0 aromatic heterocycles. The van der Waals surface area contributed by atoms with Crippen LogP contribution in [0.1, 0.15) is 13.8 Å². The standard InChI is InChI=1S/C13H20N2O3/c1-3-17-10(2)8-15-13(16)9-18-12-6-4-5-11(14)7-12/h4-7,10H,3,8-9,14H2,1-2H3,(H,15,16). The molecule has 1 rings (SSSR count). The number of nitrogen functional groups attached to an aromatic ring is 1.